The summed E-state index contributed by atoms with van der Waals surface area (Å²) in [6.07, 6.45) is 1.50. The van der Waals surface area contributed by atoms with Crippen LogP contribution in [0.5, 0.6) is 0 Å². The van der Waals surface area contributed by atoms with Gasteiger partial charge in [-0.05, 0) is 36.9 Å². The van der Waals surface area contributed by atoms with Crippen molar-refractivity contribution in [1.82, 2.24) is 4.90 Å². The molecule has 1 aliphatic rings. The lowest BCUT2D eigenvalue weighted by Crippen LogP contribution is -2.27. The number of thioether (sulfide) groups is 1. The van der Waals surface area contributed by atoms with E-state index >= 15 is 0 Å². The summed E-state index contributed by atoms with van der Waals surface area (Å²) >= 11 is 0.791. The highest BCUT2D eigenvalue weighted by molar-refractivity contribution is 8.18. The molecule has 150 valence electrons. The summed E-state index contributed by atoms with van der Waals surface area (Å²) in [4.78, 5) is 37.5. The number of nitrogens with zero attached hydrogens (tertiary/aromatic N) is 1. The average Bonchev–Trinajstić information content (AvgIpc) is 3.30. The Hall–Kier alpha value is -3.45. The fourth-order valence-electron chi connectivity index (χ4n) is 3.02. The number of Topliss-reactive ketones (excluding diaryl/α,β-unsaturated/α-hetero) is 1. The van der Waals surface area contributed by atoms with E-state index in [1.807, 2.05) is 0 Å². The smallest absolute Gasteiger partial charge is 0.293 e. The van der Waals surface area contributed by atoms with Gasteiger partial charge in [-0.2, -0.15) is 0 Å². The highest BCUT2D eigenvalue weighted by atomic mass is 32.2. The van der Waals surface area contributed by atoms with E-state index in [1.54, 1.807) is 54.6 Å². The molecule has 2 heterocycles. The van der Waals surface area contributed by atoms with Gasteiger partial charge in [-0.1, -0.05) is 42.5 Å². The first kappa shape index (κ1) is 19.8. The number of amides is 2. The first-order chi connectivity index (χ1) is 14.4. The van der Waals surface area contributed by atoms with Gasteiger partial charge in [0.2, 0.25) is 0 Å². The number of halogens is 1. The number of ketones is 1. The van der Waals surface area contributed by atoms with Crippen molar-refractivity contribution in [3.8, 4) is 11.3 Å². The molecule has 2 amide bonds. The molecule has 2 aromatic carbocycles. The van der Waals surface area contributed by atoms with Crippen LogP contribution < -0.4 is 0 Å². The van der Waals surface area contributed by atoms with Gasteiger partial charge in [-0.25, -0.2) is 4.39 Å². The molecular weight excluding hydrogens is 405 g/mol. The number of hydrogen-bond donors (Lipinski definition) is 0. The van der Waals surface area contributed by atoms with Crippen LogP contribution in [0.25, 0.3) is 17.4 Å². The monoisotopic (exact) mass is 421 g/mol. The van der Waals surface area contributed by atoms with Crippen molar-refractivity contribution in [2.45, 2.75) is 13.5 Å². The standard InChI is InChI=1S/C23H16FNO4S/c1-14(26)15-6-8-16(9-7-15)20-11-10-18(29-20)12-21-22(27)25(23(28)30-21)13-17-4-2-3-5-19(17)24/h2-12H,13H2,1H3. The van der Waals surface area contributed by atoms with Crippen molar-refractivity contribution in [2.24, 2.45) is 0 Å². The van der Waals surface area contributed by atoms with Crippen molar-refractivity contribution in [3.63, 3.8) is 0 Å². The molecular formula is C23H16FNO4S. The minimum Gasteiger partial charge on any atom is -0.457 e. The van der Waals surface area contributed by atoms with Gasteiger partial charge in [0, 0.05) is 22.8 Å². The summed E-state index contributed by atoms with van der Waals surface area (Å²) in [6.45, 7) is 1.37. The number of furan rings is 1. The quantitative estimate of drug-likeness (QED) is 0.401. The molecule has 5 nitrogen and oxygen atoms in total. The topological polar surface area (TPSA) is 67.6 Å². The Balaban J connectivity index is 1.53. The van der Waals surface area contributed by atoms with Gasteiger partial charge in [0.25, 0.3) is 11.1 Å². The van der Waals surface area contributed by atoms with Gasteiger partial charge in [-0.15, -0.1) is 0 Å². The molecule has 0 saturated carbocycles. The van der Waals surface area contributed by atoms with Crippen molar-refractivity contribution in [3.05, 3.63) is 88.3 Å². The van der Waals surface area contributed by atoms with Crippen LogP contribution in [0.4, 0.5) is 9.18 Å². The van der Waals surface area contributed by atoms with Gasteiger partial charge in [-0.3, -0.25) is 19.3 Å². The van der Waals surface area contributed by atoms with E-state index in [4.69, 9.17) is 4.42 Å². The summed E-state index contributed by atoms with van der Waals surface area (Å²) in [5.41, 5.74) is 1.66. The molecule has 0 atom stereocenters. The second-order valence-corrected chi connectivity index (χ2v) is 7.69. The molecule has 1 saturated heterocycles. The number of benzene rings is 2. The largest absolute Gasteiger partial charge is 0.457 e. The Kier molecular flexibility index (Phi) is 5.37. The van der Waals surface area contributed by atoms with E-state index in [0.29, 0.717) is 17.1 Å². The Bertz CT molecular complexity index is 1180. The predicted molar refractivity (Wildman–Crippen MR) is 112 cm³/mol. The lowest BCUT2D eigenvalue weighted by molar-refractivity contribution is -0.123. The summed E-state index contributed by atoms with van der Waals surface area (Å²) < 4.78 is 19.6. The molecule has 0 N–H and O–H groups in total. The molecule has 7 heteroatoms. The van der Waals surface area contributed by atoms with Crippen LogP contribution in [0.1, 0.15) is 28.6 Å². The molecule has 3 aromatic rings. The third-order valence-corrected chi connectivity index (χ3v) is 5.54. The van der Waals surface area contributed by atoms with Crippen molar-refractivity contribution < 1.29 is 23.2 Å². The van der Waals surface area contributed by atoms with E-state index in [-0.39, 0.29) is 22.8 Å². The zero-order valence-corrected chi connectivity index (χ0v) is 16.7. The number of hydrogen-bond acceptors (Lipinski definition) is 5. The third kappa shape index (κ3) is 3.97. The van der Waals surface area contributed by atoms with Gasteiger partial charge < -0.3 is 4.42 Å². The van der Waals surface area contributed by atoms with Gasteiger partial charge in [0.15, 0.2) is 5.78 Å². The lowest BCUT2D eigenvalue weighted by atomic mass is 10.1. The molecule has 0 unspecified atom stereocenters. The fraction of sp³-hybridized carbons (Fsp3) is 0.0870. The highest BCUT2D eigenvalue weighted by Gasteiger charge is 2.35. The molecule has 0 spiro atoms. The van der Waals surface area contributed by atoms with E-state index in [0.717, 1.165) is 22.2 Å². The second kappa shape index (κ2) is 8.12. The molecule has 1 fully saturated rings. The first-order valence-electron chi connectivity index (χ1n) is 9.12. The van der Waals surface area contributed by atoms with Crippen molar-refractivity contribution in [2.75, 3.05) is 0 Å². The predicted octanol–water partition coefficient (Wildman–Crippen LogP) is 5.52. The van der Waals surface area contributed by atoms with Crippen LogP contribution >= 0.6 is 11.8 Å². The fourth-order valence-corrected chi connectivity index (χ4v) is 3.84. The summed E-state index contributed by atoms with van der Waals surface area (Å²) in [5, 5.41) is -0.457. The molecule has 0 radical (unpaired) electrons. The minimum absolute atomic E-state index is 0.0206. The van der Waals surface area contributed by atoms with Crippen LogP contribution in [0, 0.1) is 5.82 Å². The van der Waals surface area contributed by atoms with E-state index in [1.165, 1.54) is 19.1 Å². The number of imide groups is 1. The summed E-state index contributed by atoms with van der Waals surface area (Å²) in [5.74, 6) is 0.00998. The zero-order chi connectivity index (χ0) is 21.3. The Labute approximate surface area is 176 Å². The molecule has 1 aromatic heterocycles. The van der Waals surface area contributed by atoms with E-state index in [9.17, 15) is 18.8 Å². The summed E-state index contributed by atoms with van der Waals surface area (Å²) in [6, 6.07) is 16.5. The SMILES string of the molecule is CC(=O)c1ccc(-c2ccc(C=C3SC(=O)N(Cc4ccccc4F)C3=O)o2)cc1. The van der Waals surface area contributed by atoms with Crippen LogP contribution in [-0.4, -0.2) is 21.8 Å². The lowest BCUT2D eigenvalue weighted by Gasteiger charge is -2.12. The van der Waals surface area contributed by atoms with Crippen molar-refractivity contribution >= 4 is 34.8 Å². The molecule has 0 bridgehead atoms. The zero-order valence-electron chi connectivity index (χ0n) is 15.9. The van der Waals surface area contributed by atoms with Crippen LogP contribution in [-0.2, 0) is 11.3 Å². The maximum absolute atomic E-state index is 13.9. The molecule has 30 heavy (non-hydrogen) atoms. The van der Waals surface area contributed by atoms with Gasteiger partial charge >= 0.3 is 0 Å². The van der Waals surface area contributed by atoms with Crippen LogP contribution in [0.2, 0.25) is 0 Å². The first-order valence-corrected chi connectivity index (χ1v) is 9.94. The molecule has 1 aliphatic heterocycles. The minimum atomic E-state index is -0.489. The van der Waals surface area contributed by atoms with Crippen LogP contribution in [0.3, 0.4) is 0 Å². The maximum atomic E-state index is 13.9. The molecule has 4 rings (SSSR count). The van der Waals surface area contributed by atoms with E-state index in [2.05, 4.69) is 0 Å². The average molecular weight is 421 g/mol. The number of carbonyl (C=O) groups is 3. The second-order valence-electron chi connectivity index (χ2n) is 6.69. The molecule has 0 aliphatic carbocycles. The van der Waals surface area contributed by atoms with Crippen LogP contribution in [0.15, 0.2) is 70.0 Å². The normalized spacial score (nSPS) is 15.3. The summed E-state index contributed by atoms with van der Waals surface area (Å²) in [7, 11) is 0. The Morgan fingerprint density at radius 2 is 1.80 bits per heavy atom. The third-order valence-electron chi connectivity index (χ3n) is 4.64. The van der Waals surface area contributed by atoms with Gasteiger partial charge in [0.1, 0.15) is 17.3 Å². The number of rotatable bonds is 5. The Morgan fingerprint density at radius 1 is 1.07 bits per heavy atom. The van der Waals surface area contributed by atoms with Gasteiger partial charge in [0.05, 0.1) is 11.4 Å². The van der Waals surface area contributed by atoms with E-state index < -0.39 is 17.0 Å². The van der Waals surface area contributed by atoms with Crippen molar-refractivity contribution in [1.29, 1.82) is 0 Å². The maximum Gasteiger partial charge on any atom is 0.293 e. The highest BCUT2D eigenvalue weighted by Crippen LogP contribution is 2.34. The Morgan fingerprint density at radius 3 is 2.50 bits per heavy atom. The number of carbonyl (C=O) groups excluding carboxylic acids is 3.